The number of carbonyl (C=O) groups is 4. The number of fused-ring (bicyclic) bond motifs is 1. The van der Waals surface area contributed by atoms with E-state index < -0.39 is 72.2 Å². The van der Waals surface area contributed by atoms with Crippen molar-refractivity contribution < 1.29 is 33.8 Å². The molecule has 5 rings (SSSR count). The molecule has 1 N–H and O–H groups in total. The van der Waals surface area contributed by atoms with E-state index in [1.54, 1.807) is 43.2 Å². The number of hydrogen-bond donors (Lipinski definition) is 1. The lowest BCUT2D eigenvalue weighted by atomic mass is 9.70. The van der Waals surface area contributed by atoms with Crippen LogP contribution in [-0.2, 0) is 28.7 Å². The van der Waals surface area contributed by atoms with Crippen LogP contribution in [0.4, 0.5) is 5.69 Å². The molecule has 3 aliphatic rings. The predicted octanol–water partition coefficient (Wildman–Crippen LogP) is 5.02. The van der Waals surface area contributed by atoms with Crippen molar-refractivity contribution in [1.82, 2.24) is 9.80 Å². The van der Waals surface area contributed by atoms with Crippen LogP contribution in [0.25, 0.3) is 0 Å². The van der Waals surface area contributed by atoms with Gasteiger partial charge in [-0.2, -0.15) is 0 Å². The van der Waals surface area contributed by atoms with Crippen LogP contribution in [-0.4, -0.2) is 88.6 Å². The van der Waals surface area contributed by atoms with Gasteiger partial charge in [0.15, 0.2) is 0 Å². The van der Waals surface area contributed by atoms with Gasteiger partial charge in [-0.05, 0) is 57.2 Å². The zero-order valence-electron chi connectivity index (χ0n) is 28.6. The molecule has 3 aliphatic heterocycles. The fourth-order valence-electron chi connectivity index (χ4n) is 7.86. The van der Waals surface area contributed by atoms with E-state index in [2.05, 4.69) is 13.2 Å². The second-order valence-electron chi connectivity index (χ2n) is 13.3. The molecule has 0 saturated carbocycles. The highest BCUT2D eigenvalue weighted by atomic mass is 35.5. The zero-order chi connectivity index (χ0) is 35.6. The standard InChI is InChI=1S/C38H46ClN3O7/c1-7-9-18-29(44)40(6)25(5)33(26-15-11-10-12-16-26)48-37(47)30-28-19-20-38(49-28)31(30)35(45)42(24(4)22-43)34(38)36(46)41(21-8-2)32-23(3)14-13-17-27(32)39/h7-8,10-17,24-25,28,30-31,33-34,43H,1-2,9,18-22H2,3-6H3/t24-,25-,28-,30+,31+,33+,34-,38+/m1/s1. The Bertz CT molecular complexity index is 1580. The molecule has 2 bridgehead atoms. The number of anilines is 1. The second-order valence-corrected chi connectivity index (χ2v) is 13.7. The van der Waals surface area contributed by atoms with Crippen molar-refractivity contribution >= 4 is 41.0 Å². The maximum Gasteiger partial charge on any atom is 0.313 e. The van der Waals surface area contributed by atoms with Gasteiger partial charge in [0.25, 0.3) is 5.91 Å². The van der Waals surface area contributed by atoms with E-state index in [4.69, 9.17) is 21.1 Å². The number of allylic oxidation sites excluding steroid dienone is 1. The highest BCUT2D eigenvalue weighted by Crippen LogP contribution is 2.59. The summed E-state index contributed by atoms with van der Waals surface area (Å²) in [4.78, 5) is 61.1. The van der Waals surface area contributed by atoms with Crippen molar-refractivity contribution in [3.63, 3.8) is 0 Å². The van der Waals surface area contributed by atoms with Crippen molar-refractivity contribution in [2.45, 2.75) is 82.4 Å². The number of benzene rings is 2. The number of aliphatic hydroxyl groups is 1. The molecule has 0 unspecified atom stereocenters. The number of hydrogen-bond acceptors (Lipinski definition) is 7. The first-order valence-corrected chi connectivity index (χ1v) is 17.2. The minimum atomic E-state index is -1.33. The Morgan fingerprint density at radius 3 is 2.49 bits per heavy atom. The van der Waals surface area contributed by atoms with Crippen molar-refractivity contribution in [3.05, 3.63) is 90.0 Å². The molecular formula is C38H46ClN3O7. The number of amides is 3. The molecule has 0 radical (unpaired) electrons. The maximum atomic E-state index is 14.8. The van der Waals surface area contributed by atoms with Gasteiger partial charge in [-0.25, -0.2) is 0 Å². The van der Waals surface area contributed by atoms with Gasteiger partial charge >= 0.3 is 5.97 Å². The molecule has 10 nitrogen and oxygen atoms in total. The Morgan fingerprint density at radius 1 is 1.14 bits per heavy atom. The largest absolute Gasteiger partial charge is 0.455 e. The van der Waals surface area contributed by atoms with Crippen LogP contribution in [0.15, 0.2) is 73.8 Å². The second kappa shape index (κ2) is 14.9. The number of likely N-dealkylation sites (N-methyl/N-ethyl adjacent to an activating group) is 1. The third kappa shape index (κ3) is 6.42. The summed E-state index contributed by atoms with van der Waals surface area (Å²) in [5.41, 5.74) is 0.621. The maximum absolute atomic E-state index is 14.8. The summed E-state index contributed by atoms with van der Waals surface area (Å²) in [5, 5.41) is 10.7. The molecule has 3 amide bonds. The third-order valence-corrected chi connectivity index (χ3v) is 10.7. The average molecular weight is 692 g/mol. The normalized spacial score (nSPS) is 25.7. The molecule has 3 saturated heterocycles. The van der Waals surface area contributed by atoms with Gasteiger partial charge in [-0.3, -0.25) is 19.2 Å². The molecule has 2 aromatic carbocycles. The first kappa shape index (κ1) is 36.3. The lowest BCUT2D eigenvalue weighted by Gasteiger charge is -2.39. The number of halogens is 1. The van der Waals surface area contributed by atoms with Gasteiger partial charge < -0.3 is 29.3 Å². The summed E-state index contributed by atoms with van der Waals surface area (Å²) >= 11 is 6.64. The minimum Gasteiger partial charge on any atom is -0.455 e. The molecule has 0 aliphatic carbocycles. The number of aliphatic hydroxyl groups excluding tert-OH is 1. The number of carbonyl (C=O) groups excluding carboxylic acids is 4. The summed E-state index contributed by atoms with van der Waals surface area (Å²) in [6.45, 7) is 12.6. The highest BCUT2D eigenvalue weighted by molar-refractivity contribution is 6.34. The van der Waals surface area contributed by atoms with Crippen LogP contribution >= 0.6 is 11.6 Å². The lowest BCUT2D eigenvalue weighted by molar-refractivity contribution is -0.165. The molecule has 262 valence electrons. The van der Waals surface area contributed by atoms with Crippen molar-refractivity contribution in [3.8, 4) is 0 Å². The van der Waals surface area contributed by atoms with E-state index in [0.29, 0.717) is 35.5 Å². The van der Waals surface area contributed by atoms with E-state index >= 15 is 0 Å². The van der Waals surface area contributed by atoms with E-state index in [9.17, 15) is 24.3 Å². The summed E-state index contributed by atoms with van der Waals surface area (Å²) in [5.74, 6) is -3.64. The highest BCUT2D eigenvalue weighted by Gasteiger charge is 2.75. The van der Waals surface area contributed by atoms with Gasteiger partial charge in [-0.1, -0.05) is 66.2 Å². The predicted molar refractivity (Wildman–Crippen MR) is 187 cm³/mol. The average Bonchev–Trinajstić information content (AvgIpc) is 3.75. The number of nitrogens with zero attached hydrogens (tertiary/aromatic N) is 3. The number of rotatable bonds is 14. The Balaban J connectivity index is 1.51. The molecule has 3 fully saturated rings. The van der Waals surface area contributed by atoms with Gasteiger partial charge in [0, 0.05) is 20.0 Å². The van der Waals surface area contributed by atoms with E-state index in [1.807, 2.05) is 50.2 Å². The van der Waals surface area contributed by atoms with Crippen LogP contribution in [0.1, 0.15) is 56.8 Å². The fraction of sp³-hybridized carbons (Fsp3) is 0.474. The Labute approximate surface area is 293 Å². The van der Waals surface area contributed by atoms with Gasteiger partial charge in [-0.15, -0.1) is 13.2 Å². The lowest BCUT2D eigenvalue weighted by Crippen LogP contribution is -2.58. The van der Waals surface area contributed by atoms with Crippen LogP contribution < -0.4 is 4.90 Å². The first-order valence-electron chi connectivity index (χ1n) is 16.8. The molecule has 1 spiro atoms. The molecule has 0 aromatic heterocycles. The molecule has 49 heavy (non-hydrogen) atoms. The fourth-order valence-corrected chi connectivity index (χ4v) is 8.18. The number of ether oxygens (including phenoxy) is 2. The quantitative estimate of drug-likeness (QED) is 0.219. The molecular weight excluding hydrogens is 646 g/mol. The van der Waals surface area contributed by atoms with Gasteiger partial charge in [0.1, 0.15) is 17.7 Å². The van der Waals surface area contributed by atoms with Crippen LogP contribution in [0.2, 0.25) is 5.02 Å². The Morgan fingerprint density at radius 2 is 1.86 bits per heavy atom. The molecule has 3 heterocycles. The number of likely N-dealkylation sites (tertiary alicyclic amines) is 1. The minimum absolute atomic E-state index is 0.112. The van der Waals surface area contributed by atoms with E-state index in [-0.39, 0.29) is 18.9 Å². The van der Waals surface area contributed by atoms with Crippen LogP contribution in [0, 0.1) is 18.8 Å². The SMILES string of the molecule is C=CCCC(=O)N(C)[C@H](C)[C@H](OC(=O)[C@@H]1[C@H]2C(=O)N([C@H](C)CO)[C@H](C(=O)N(CC=C)c3c(C)cccc3Cl)[C@]23CC[C@H]1O3)c1ccccc1. The van der Waals surface area contributed by atoms with Crippen LogP contribution in [0.3, 0.4) is 0 Å². The third-order valence-electron chi connectivity index (χ3n) is 10.4. The number of para-hydroxylation sites is 1. The van der Waals surface area contributed by atoms with Crippen LogP contribution in [0.5, 0.6) is 0 Å². The Hall–Kier alpha value is -3.99. The molecule has 8 atom stereocenters. The van der Waals surface area contributed by atoms with Gasteiger partial charge in [0.05, 0.1) is 47.3 Å². The zero-order valence-corrected chi connectivity index (χ0v) is 29.3. The summed E-state index contributed by atoms with van der Waals surface area (Å²) in [7, 11) is 1.68. The first-order chi connectivity index (χ1) is 23.4. The van der Waals surface area contributed by atoms with Crippen molar-refractivity contribution in [2.24, 2.45) is 11.8 Å². The smallest absolute Gasteiger partial charge is 0.313 e. The van der Waals surface area contributed by atoms with Gasteiger partial charge in [0.2, 0.25) is 11.8 Å². The summed E-state index contributed by atoms with van der Waals surface area (Å²) < 4.78 is 12.9. The molecule has 11 heteroatoms. The van der Waals surface area contributed by atoms with E-state index in [1.165, 1.54) is 9.80 Å². The van der Waals surface area contributed by atoms with Crippen molar-refractivity contribution in [2.75, 3.05) is 25.1 Å². The summed E-state index contributed by atoms with van der Waals surface area (Å²) in [6, 6.07) is 12.1. The number of esters is 1. The Kier molecular flexibility index (Phi) is 11.0. The molecule has 2 aromatic rings. The van der Waals surface area contributed by atoms with Crippen molar-refractivity contribution in [1.29, 1.82) is 0 Å². The monoisotopic (exact) mass is 691 g/mol. The topological polar surface area (TPSA) is 117 Å². The summed E-state index contributed by atoms with van der Waals surface area (Å²) in [6.07, 6.45) is 3.36. The number of aryl methyl sites for hydroxylation is 1. The van der Waals surface area contributed by atoms with E-state index in [0.717, 1.165) is 5.56 Å².